The van der Waals surface area contributed by atoms with Crippen LogP contribution in [-0.2, 0) is 0 Å². The van der Waals surface area contributed by atoms with Gasteiger partial charge in [-0.25, -0.2) is 4.98 Å². The topological polar surface area (TPSA) is 53.4 Å². The first-order valence-corrected chi connectivity index (χ1v) is 6.41. The second-order valence-corrected chi connectivity index (χ2v) is 5.25. The van der Waals surface area contributed by atoms with E-state index in [1.54, 1.807) is 0 Å². The molecule has 16 heavy (non-hydrogen) atoms. The van der Waals surface area contributed by atoms with Crippen molar-refractivity contribution in [2.45, 2.75) is 12.8 Å². The van der Waals surface area contributed by atoms with E-state index < -0.39 is 0 Å². The van der Waals surface area contributed by atoms with Gasteiger partial charge in [-0.3, -0.25) is 4.79 Å². The van der Waals surface area contributed by atoms with E-state index in [2.05, 4.69) is 9.88 Å². The lowest BCUT2D eigenvalue weighted by atomic mass is 10.1. The second-order valence-electron chi connectivity index (χ2n) is 3.88. The fraction of sp³-hybridized carbons (Fsp3) is 0.600. The fourth-order valence-corrected chi connectivity index (χ4v) is 3.03. The molecule has 2 rings (SSSR count). The second kappa shape index (κ2) is 5.12. The minimum Gasteiger partial charge on any atom is -0.396 e. The molecule has 1 aromatic rings. The molecule has 0 aromatic carbocycles. The number of halogens is 1. The van der Waals surface area contributed by atoms with Crippen LogP contribution in [0.2, 0.25) is 5.15 Å². The summed E-state index contributed by atoms with van der Waals surface area (Å²) >= 11 is 7.15. The maximum atomic E-state index is 10.7. The van der Waals surface area contributed by atoms with E-state index in [4.69, 9.17) is 16.7 Å². The van der Waals surface area contributed by atoms with Crippen LogP contribution in [0.5, 0.6) is 0 Å². The molecule has 2 heterocycles. The number of nitrogens with zero attached hydrogens (tertiary/aromatic N) is 2. The third kappa shape index (κ3) is 2.36. The van der Waals surface area contributed by atoms with Crippen LogP contribution in [0.4, 0.5) is 5.13 Å². The average Bonchev–Trinajstić information content (AvgIpc) is 2.85. The summed E-state index contributed by atoms with van der Waals surface area (Å²) in [7, 11) is 0. The van der Waals surface area contributed by atoms with Gasteiger partial charge in [-0.05, 0) is 18.8 Å². The molecule has 1 N–H and O–H groups in total. The van der Waals surface area contributed by atoms with Crippen LogP contribution in [0.3, 0.4) is 0 Å². The minimum atomic E-state index is 0.233. The van der Waals surface area contributed by atoms with Gasteiger partial charge in [0.25, 0.3) is 0 Å². The zero-order valence-electron chi connectivity index (χ0n) is 8.73. The number of hydrogen-bond acceptors (Lipinski definition) is 5. The van der Waals surface area contributed by atoms with Crippen molar-refractivity contribution in [3.8, 4) is 0 Å². The van der Waals surface area contributed by atoms with Crippen LogP contribution >= 0.6 is 22.9 Å². The van der Waals surface area contributed by atoms with Gasteiger partial charge in [0.05, 0.1) is 0 Å². The first-order valence-electron chi connectivity index (χ1n) is 5.22. The Hall–Kier alpha value is -0.650. The van der Waals surface area contributed by atoms with Crippen molar-refractivity contribution in [1.82, 2.24) is 4.98 Å². The third-order valence-corrected chi connectivity index (χ3v) is 4.24. The number of aromatic nitrogens is 1. The molecule has 0 amide bonds. The molecule has 0 saturated carbocycles. The number of aliphatic hydroxyl groups is 1. The van der Waals surface area contributed by atoms with Crippen LogP contribution in [-0.4, -0.2) is 36.1 Å². The molecule has 1 aromatic heterocycles. The average molecular weight is 261 g/mol. The molecule has 0 spiro atoms. The van der Waals surface area contributed by atoms with Crippen molar-refractivity contribution in [3.63, 3.8) is 0 Å². The number of anilines is 1. The van der Waals surface area contributed by atoms with E-state index in [0.29, 0.717) is 15.9 Å². The molecule has 88 valence electrons. The highest BCUT2D eigenvalue weighted by Gasteiger charge is 2.25. The van der Waals surface area contributed by atoms with Crippen LogP contribution in [0.15, 0.2) is 0 Å². The standard InChI is InChI=1S/C10H13ClN2O2S/c11-9-8(6-15)16-10(12-9)13-3-1-7(5-13)2-4-14/h6-7,14H,1-5H2. The van der Waals surface area contributed by atoms with Crippen LogP contribution in [0.25, 0.3) is 0 Å². The number of hydrogen-bond donors (Lipinski definition) is 1. The van der Waals surface area contributed by atoms with E-state index in [-0.39, 0.29) is 6.61 Å². The zero-order chi connectivity index (χ0) is 11.5. The van der Waals surface area contributed by atoms with Crippen LogP contribution in [0, 0.1) is 5.92 Å². The number of carbonyl (C=O) groups is 1. The summed E-state index contributed by atoms with van der Waals surface area (Å²) in [5.41, 5.74) is 0. The van der Waals surface area contributed by atoms with E-state index in [9.17, 15) is 4.79 Å². The molecule has 1 saturated heterocycles. The van der Waals surface area contributed by atoms with Crippen molar-refractivity contribution >= 4 is 34.4 Å². The molecule has 0 bridgehead atoms. The van der Waals surface area contributed by atoms with Gasteiger partial charge in [-0.15, -0.1) is 0 Å². The SMILES string of the molecule is O=Cc1sc(N2CCC(CCO)C2)nc1Cl. The lowest BCUT2D eigenvalue weighted by Gasteiger charge is -2.14. The zero-order valence-corrected chi connectivity index (χ0v) is 10.3. The first kappa shape index (κ1) is 11.8. The van der Waals surface area contributed by atoms with Gasteiger partial charge < -0.3 is 10.0 Å². The lowest BCUT2D eigenvalue weighted by molar-refractivity contribution is 0.112. The van der Waals surface area contributed by atoms with E-state index in [0.717, 1.165) is 37.3 Å². The summed E-state index contributed by atoms with van der Waals surface area (Å²) < 4.78 is 0. The van der Waals surface area contributed by atoms with Crippen LogP contribution in [0.1, 0.15) is 22.5 Å². The smallest absolute Gasteiger partial charge is 0.187 e. The van der Waals surface area contributed by atoms with Crippen molar-refractivity contribution in [2.24, 2.45) is 5.92 Å². The Kier molecular flexibility index (Phi) is 3.78. The predicted octanol–water partition coefficient (Wildman–Crippen LogP) is 1.82. The van der Waals surface area contributed by atoms with Gasteiger partial charge in [0.2, 0.25) is 0 Å². The van der Waals surface area contributed by atoms with Crippen LogP contribution < -0.4 is 4.90 Å². The van der Waals surface area contributed by atoms with Crippen molar-refractivity contribution < 1.29 is 9.90 Å². The first-order chi connectivity index (χ1) is 7.74. The largest absolute Gasteiger partial charge is 0.396 e. The summed E-state index contributed by atoms with van der Waals surface area (Å²) in [6.45, 7) is 2.05. The summed E-state index contributed by atoms with van der Waals surface area (Å²) in [5.74, 6) is 0.521. The molecular weight excluding hydrogens is 248 g/mol. The molecule has 6 heteroatoms. The van der Waals surface area contributed by atoms with Gasteiger partial charge in [0.1, 0.15) is 4.88 Å². The number of thiazole rings is 1. The number of aliphatic hydroxyl groups excluding tert-OH is 1. The molecule has 4 nitrogen and oxygen atoms in total. The molecule has 0 aliphatic carbocycles. The molecule has 0 radical (unpaired) electrons. The fourth-order valence-electron chi connectivity index (χ4n) is 1.93. The molecule has 1 aliphatic rings. The minimum absolute atomic E-state index is 0.233. The van der Waals surface area contributed by atoms with E-state index in [1.807, 2.05) is 0 Å². The molecule has 1 atom stereocenters. The quantitative estimate of drug-likeness (QED) is 0.839. The third-order valence-electron chi connectivity index (χ3n) is 2.80. The van der Waals surface area contributed by atoms with Crippen molar-refractivity contribution in [3.05, 3.63) is 10.0 Å². The highest BCUT2D eigenvalue weighted by Crippen LogP contribution is 2.32. The molecule has 1 fully saturated rings. The van der Waals surface area contributed by atoms with Gasteiger partial charge >= 0.3 is 0 Å². The van der Waals surface area contributed by atoms with Crippen molar-refractivity contribution in [1.29, 1.82) is 0 Å². The Labute approximate surface area is 103 Å². The highest BCUT2D eigenvalue weighted by molar-refractivity contribution is 7.17. The highest BCUT2D eigenvalue weighted by atomic mass is 35.5. The monoisotopic (exact) mass is 260 g/mol. The summed E-state index contributed by atoms with van der Waals surface area (Å²) in [5, 5.41) is 9.98. The Bertz CT molecular complexity index is 383. The number of carbonyl (C=O) groups excluding carboxylic acids is 1. The normalized spacial score (nSPS) is 20.4. The Balaban J connectivity index is 2.05. The molecule has 1 aliphatic heterocycles. The van der Waals surface area contributed by atoms with Gasteiger partial charge in [-0.2, -0.15) is 0 Å². The maximum Gasteiger partial charge on any atom is 0.187 e. The van der Waals surface area contributed by atoms with E-state index in [1.165, 1.54) is 11.3 Å². The number of aldehydes is 1. The Morgan fingerprint density at radius 3 is 3.12 bits per heavy atom. The number of rotatable bonds is 4. The van der Waals surface area contributed by atoms with Gasteiger partial charge in [0, 0.05) is 19.7 Å². The molecular formula is C10H13ClN2O2S. The summed E-state index contributed by atoms with van der Waals surface area (Å²) in [6.07, 6.45) is 2.63. The Morgan fingerprint density at radius 1 is 1.69 bits per heavy atom. The Morgan fingerprint density at radius 2 is 2.50 bits per heavy atom. The van der Waals surface area contributed by atoms with Crippen molar-refractivity contribution in [2.75, 3.05) is 24.6 Å². The maximum absolute atomic E-state index is 10.7. The summed E-state index contributed by atoms with van der Waals surface area (Å²) in [4.78, 5) is 17.4. The predicted molar refractivity (Wildman–Crippen MR) is 64.5 cm³/mol. The molecule has 1 unspecified atom stereocenters. The summed E-state index contributed by atoms with van der Waals surface area (Å²) in [6, 6.07) is 0. The lowest BCUT2D eigenvalue weighted by Crippen LogP contribution is -2.19. The van der Waals surface area contributed by atoms with Gasteiger partial charge in [0.15, 0.2) is 16.6 Å². The van der Waals surface area contributed by atoms with Gasteiger partial charge in [-0.1, -0.05) is 22.9 Å². The van der Waals surface area contributed by atoms with E-state index >= 15 is 0 Å².